The zero-order chi connectivity index (χ0) is 13.8. The molecule has 0 aliphatic rings. The number of amides is 1. The molecule has 1 amide bonds. The van der Waals surface area contributed by atoms with Crippen molar-refractivity contribution in [3.05, 3.63) is 47.5 Å². The first-order valence-corrected chi connectivity index (χ1v) is 5.47. The third kappa shape index (κ3) is 2.95. The molecule has 6 nitrogen and oxygen atoms in total. The van der Waals surface area contributed by atoms with Gasteiger partial charge in [0.2, 0.25) is 0 Å². The smallest absolute Gasteiger partial charge is 0.250 e. The van der Waals surface area contributed by atoms with Crippen molar-refractivity contribution >= 4 is 17.3 Å². The Hall–Kier alpha value is -2.70. The maximum atomic E-state index is 13.7. The minimum atomic E-state index is -0.708. The van der Waals surface area contributed by atoms with Crippen molar-refractivity contribution in [2.45, 2.75) is 6.54 Å². The molecule has 0 spiro atoms. The predicted molar refractivity (Wildman–Crippen MR) is 68.7 cm³/mol. The third-order valence-corrected chi connectivity index (χ3v) is 2.49. The van der Waals surface area contributed by atoms with Gasteiger partial charge in [0.05, 0.1) is 23.5 Å². The maximum absolute atomic E-state index is 13.7. The van der Waals surface area contributed by atoms with Crippen LogP contribution < -0.4 is 16.8 Å². The zero-order valence-electron chi connectivity index (χ0n) is 9.93. The monoisotopic (exact) mass is 261 g/mol. The SMILES string of the molecule is NC(=O)c1cc(NCc2cccnn2)c(F)cc1N. The van der Waals surface area contributed by atoms with Crippen molar-refractivity contribution in [2.24, 2.45) is 5.73 Å². The summed E-state index contributed by atoms with van der Waals surface area (Å²) >= 11 is 0. The van der Waals surface area contributed by atoms with E-state index >= 15 is 0 Å². The second-order valence-electron chi connectivity index (χ2n) is 3.85. The van der Waals surface area contributed by atoms with E-state index in [2.05, 4.69) is 15.5 Å². The summed E-state index contributed by atoms with van der Waals surface area (Å²) in [5.74, 6) is -1.27. The van der Waals surface area contributed by atoms with Crippen LogP contribution in [-0.2, 0) is 6.54 Å². The van der Waals surface area contributed by atoms with Crippen LogP contribution in [-0.4, -0.2) is 16.1 Å². The van der Waals surface area contributed by atoms with Crippen molar-refractivity contribution in [1.29, 1.82) is 0 Å². The van der Waals surface area contributed by atoms with Crippen molar-refractivity contribution in [1.82, 2.24) is 10.2 Å². The quantitative estimate of drug-likeness (QED) is 0.709. The first-order valence-electron chi connectivity index (χ1n) is 5.47. The molecule has 0 unspecified atom stereocenters. The highest BCUT2D eigenvalue weighted by Crippen LogP contribution is 2.22. The van der Waals surface area contributed by atoms with Gasteiger partial charge < -0.3 is 16.8 Å². The first-order chi connectivity index (χ1) is 9.08. The van der Waals surface area contributed by atoms with Gasteiger partial charge in [0.15, 0.2) is 0 Å². The van der Waals surface area contributed by atoms with Crippen LogP contribution in [0.5, 0.6) is 0 Å². The number of nitrogen functional groups attached to an aromatic ring is 1. The summed E-state index contributed by atoms with van der Waals surface area (Å²) in [6.07, 6.45) is 1.54. The molecule has 0 atom stereocenters. The number of rotatable bonds is 4. The number of nitrogens with two attached hydrogens (primary N) is 2. The Morgan fingerprint density at radius 3 is 2.84 bits per heavy atom. The highest BCUT2D eigenvalue weighted by molar-refractivity contribution is 5.99. The largest absolute Gasteiger partial charge is 0.398 e. The lowest BCUT2D eigenvalue weighted by Gasteiger charge is -2.10. The molecule has 0 aliphatic heterocycles. The summed E-state index contributed by atoms with van der Waals surface area (Å²) in [5.41, 5.74) is 11.5. The van der Waals surface area contributed by atoms with Crippen molar-refractivity contribution in [2.75, 3.05) is 11.1 Å². The van der Waals surface area contributed by atoms with Gasteiger partial charge in [-0.1, -0.05) is 0 Å². The van der Waals surface area contributed by atoms with Crippen molar-refractivity contribution < 1.29 is 9.18 Å². The summed E-state index contributed by atoms with van der Waals surface area (Å²) in [7, 11) is 0. The van der Waals surface area contributed by atoms with Crippen LogP contribution in [0.2, 0.25) is 0 Å². The van der Waals surface area contributed by atoms with Gasteiger partial charge in [0.1, 0.15) is 5.82 Å². The lowest BCUT2D eigenvalue weighted by molar-refractivity contribution is 0.100. The fraction of sp³-hybridized carbons (Fsp3) is 0.0833. The number of nitrogens with one attached hydrogen (secondary N) is 1. The summed E-state index contributed by atoms with van der Waals surface area (Å²) in [4.78, 5) is 11.1. The number of carbonyl (C=O) groups is 1. The van der Waals surface area contributed by atoms with Crippen LogP contribution in [0.25, 0.3) is 0 Å². The molecule has 0 bridgehead atoms. The minimum absolute atomic E-state index is 0.00931. The van der Waals surface area contributed by atoms with Crippen molar-refractivity contribution in [3.8, 4) is 0 Å². The summed E-state index contributed by atoms with van der Waals surface area (Å²) in [6, 6.07) is 5.80. The number of primary amides is 1. The minimum Gasteiger partial charge on any atom is -0.398 e. The van der Waals surface area contributed by atoms with Gasteiger partial charge in [0.25, 0.3) is 5.91 Å². The molecule has 2 aromatic rings. The van der Waals surface area contributed by atoms with Crippen LogP contribution in [0.3, 0.4) is 0 Å². The molecule has 2 rings (SSSR count). The van der Waals surface area contributed by atoms with E-state index in [1.165, 1.54) is 6.07 Å². The van der Waals surface area contributed by atoms with Gasteiger partial charge in [-0.25, -0.2) is 4.39 Å². The van der Waals surface area contributed by atoms with Gasteiger partial charge in [0, 0.05) is 11.9 Å². The number of hydrogen-bond donors (Lipinski definition) is 3. The van der Waals surface area contributed by atoms with E-state index in [-0.39, 0.29) is 23.5 Å². The normalized spacial score (nSPS) is 10.2. The van der Waals surface area contributed by atoms with E-state index in [4.69, 9.17) is 11.5 Å². The number of benzene rings is 1. The van der Waals surface area contributed by atoms with Crippen LogP contribution >= 0.6 is 0 Å². The number of carbonyl (C=O) groups excluding carboxylic acids is 1. The Labute approximate surface area is 108 Å². The lowest BCUT2D eigenvalue weighted by Crippen LogP contribution is -2.15. The number of nitrogens with zero attached hydrogens (tertiary/aromatic N) is 2. The fourth-order valence-electron chi connectivity index (χ4n) is 1.55. The third-order valence-electron chi connectivity index (χ3n) is 2.49. The Morgan fingerprint density at radius 2 is 2.21 bits per heavy atom. The summed E-state index contributed by atoms with van der Waals surface area (Å²) < 4.78 is 13.7. The van der Waals surface area contributed by atoms with Crippen LogP contribution in [0, 0.1) is 5.82 Å². The highest BCUT2D eigenvalue weighted by atomic mass is 19.1. The average molecular weight is 261 g/mol. The second kappa shape index (κ2) is 5.30. The number of hydrogen-bond acceptors (Lipinski definition) is 5. The summed E-state index contributed by atoms with van der Waals surface area (Å²) in [5, 5.41) is 10.4. The Morgan fingerprint density at radius 1 is 1.42 bits per heavy atom. The van der Waals surface area contributed by atoms with E-state index in [0.29, 0.717) is 5.69 Å². The molecule has 98 valence electrons. The first kappa shape index (κ1) is 12.7. The maximum Gasteiger partial charge on any atom is 0.250 e. The van der Waals surface area contributed by atoms with Gasteiger partial charge >= 0.3 is 0 Å². The molecular weight excluding hydrogens is 249 g/mol. The van der Waals surface area contributed by atoms with Crippen LogP contribution in [0.4, 0.5) is 15.8 Å². The molecule has 1 aromatic carbocycles. The molecule has 19 heavy (non-hydrogen) atoms. The topological polar surface area (TPSA) is 107 Å². The van der Waals surface area contributed by atoms with Gasteiger partial charge in [-0.15, -0.1) is 0 Å². The molecule has 7 heteroatoms. The molecule has 5 N–H and O–H groups in total. The van der Waals surface area contributed by atoms with E-state index in [1.807, 2.05) is 0 Å². The zero-order valence-corrected chi connectivity index (χ0v) is 9.93. The second-order valence-corrected chi connectivity index (χ2v) is 3.85. The molecule has 0 saturated carbocycles. The van der Waals surface area contributed by atoms with E-state index in [9.17, 15) is 9.18 Å². The van der Waals surface area contributed by atoms with Gasteiger partial charge in [-0.2, -0.15) is 10.2 Å². The van der Waals surface area contributed by atoms with E-state index in [0.717, 1.165) is 6.07 Å². The lowest BCUT2D eigenvalue weighted by atomic mass is 10.1. The molecule has 0 radical (unpaired) electrons. The van der Waals surface area contributed by atoms with Gasteiger partial charge in [-0.3, -0.25) is 4.79 Å². The average Bonchev–Trinajstić information content (AvgIpc) is 2.38. The van der Waals surface area contributed by atoms with Gasteiger partial charge in [-0.05, 0) is 24.3 Å². The van der Waals surface area contributed by atoms with E-state index < -0.39 is 11.7 Å². The number of halogens is 1. The van der Waals surface area contributed by atoms with E-state index in [1.54, 1.807) is 18.3 Å². The molecular formula is C12H12FN5O. The highest BCUT2D eigenvalue weighted by Gasteiger charge is 2.11. The standard InChI is InChI=1S/C12H12FN5O/c13-9-5-10(14)8(12(15)19)4-11(9)16-6-7-2-1-3-17-18-7/h1-5,16H,6,14H2,(H2,15,19). The van der Waals surface area contributed by atoms with Crippen LogP contribution in [0.15, 0.2) is 30.5 Å². The predicted octanol–water partition coefficient (Wildman–Crippen LogP) is 0.909. The molecule has 0 saturated heterocycles. The van der Waals surface area contributed by atoms with Crippen molar-refractivity contribution in [3.63, 3.8) is 0 Å². The van der Waals surface area contributed by atoms with Crippen LogP contribution in [0.1, 0.15) is 16.1 Å². The molecule has 1 heterocycles. The Bertz CT molecular complexity index is 603. The fourth-order valence-corrected chi connectivity index (χ4v) is 1.55. The number of anilines is 2. The summed E-state index contributed by atoms with van der Waals surface area (Å²) in [6.45, 7) is 0.271. The molecule has 0 fully saturated rings. The number of aromatic nitrogens is 2. The molecule has 0 aliphatic carbocycles. The Kier molecular flexibility index (Phi) is 3.56. The molecule has 1 aromatic heterocycles. The Balaban J connectivity index is 2.21.